The van der Waals surface area contributed by atoms with Crippen LogP contribution in [0.3, 0.4) is 0 Å². The van der Waals surface area contributed by atoms with Crippen LogP contribution in [0.5, 0.6) is 5.75 Å². The van der Waals surface area contributed by atoms with Crippen LogP contribution in [-0.4, -0.2) is 30.2 Å². The first-order valence-corrected chi connectivity index (χ1v) is 9.17. The average Bonchev–Trinajstić information content (AvgIpc) is 3.07. The molecule has 0 aliphatic carbocycles. The number of hydrogen-bond acceptors (Lipinski definition) is 4. The molecular formula is C23H20N2O4. The third-order valence-corrected chi connectivity index (χ3v) is 4.90. The second kappa shape index (κ2) is 7.67. The van der Waals surface area contributed by atoms with E-state index in [1.165, 1.54) is 7.11 Å². The summed E-state index contributed by atoms with van der Waals surface area (Å²) >= 11 is 0. The largest absolute Gasteiger partial charge is 0.481 e. The lowest BCUT2D eigenvalue weighted by molar-refractivity contribution is -0.142. The molecule has 0 spiro atoms. The van der Waals surface area contributed by atoms with Crippen molar-refractivity contribution in [3.05, 3.63) is 77.9 Å². The van der Waals surface area contributed by atoms with Crippen LogP contribution in [0.1, 0.15) is 15.9 Å². The van der Waals surface area contributed by atoms with Gasteiger partial charge < -0.3 is 19.8 Å². The molecule has 6 nitrogen and oxygen atoms in total. The number of fused-ring (bicyclic) bond motifs is 3. The Balaban J connectivity index is 1.98. The molecule has 0 saturated heterocycles. The zero-order chi connectivity index (χ0) is 20.4. The summed E-state index contributed by atoms with van der Waals surface area (Å²) in [6.07, 6.45) is 0. The summed E-state index contributed by atoms with van der Waals surface area (Å²) < 4.78 is 12.5. The van der Waals surface area contributed by atoms with Crippen LogP contribution in [0.25, 0.3) is 21.8 Å². The molecule has 2 N–H and O–H groups in total. The van der Waals surface area contributed by atoms with Crippen LogP contribution in [0.15, 0.2) is 66.7 Å². The molecule has 4 aromatic rings. The van der Waals surface area contributed by atoms with Crippen molar-refractivity contribution in [1.82, 2.24) is 4.57 Å². The highest BCUT2D eigenvalue weighted by Gasteiger charge is 2.20. The molecule has 1 amide bonds. The third kappa shape index (κ3) is 3.40. The predicted molar refractivity (Wildman–Crippen MR) is 111 cm³/mol. The van der Waals surface area contributed by atoms with Crippen molar-refractivity contribution in [2.75, 3.05) is 13.7 Å². The summed E-state index contributed by atoms with van der Waals surface area (Å²) in [5.41, 5.74) is 8.95. The van der Waals surface area contributed by atoms with E-state index in [-0.39, 0.29) is 6.61 Å². The Hall–Kier alpha value is -3.80. The van der Waals surface area contributed by atoms with Crippen LogP contribution >= 0.6 is 0 Å². The van der Waals surface area contributed by atoms with Crippen molar-refractivity contribution in [3.63, 3.8) is 0 Å². The lowest BCUT2D eigenvalue weighted by Gasteiger charge is -2.09. The van der Waals surface area contributed by atoms with Gasteiger partial charge in [-0.25, -0.2) is 4.79 Å². The topological polar surface area (TPSA) is 83.6 Å². The Bertz CT molecular complexity index is 1210. The second-order valence-electron chi connectivity index (χ2n) is 6.65. The minimum Gasteiger partial charge on any atom is -0.481 e. The van der Waals surface area contributed by atoms with Gasteiger partial charge in [0.1, 0.15) is 5.75 Å². The fourth-order valence-corrected chi connectivity index (χ4v) is 3.61. The van der Waals surface area contributed by atoms with E-state index in [4.69, 9.17) is 10.5 Å². The summed E-state index contributed by atoms with van der Waals surface area (Å²) in [5.74, 6) is -0.499. The molecule has 146 valence electrons. The lowest BCUT2D eigenvalue weighted by atomic mass is 10.1. The summed E-state index contributed by atoms with van der Waals surface area (Å²) in [7, 11) is 1.31. The van der Waals surface area contributed by atoms with Crippen LogP contribution < -0.4 is 10.5 Å². The van der Waals surface area contributed by atoms with E-state index in [0.717, 1.165) is 22.0 Å². The van der Waals surface area contributed by atoms with E-state index in [0.29, 0.717) is 23.2 Å². The first kappa shape index (κ1) is 18.6. The molecule has 0 unspecified atom stereocenters. The maximum absolute atomic E-state index is 12.1. The molecule has 0 aliphatic rings. The van der Waals surface area contributed by atoms with E-state index in [2.05, 4.69) is 9.30 Å². The maximum Gasteiger partial charge on any atom is 0.343 e. The minimum atomic E-state index is -0.517. The highest BCUT2D eigenvalue weighted by Crippen LogP contribution is 2.38. The highest BCUT2D eigenvalue weighted by molar-refractivity contribution is 6.19. The number of aromatic nitrogens is 1. The number of nitrogens with zero attached hydrogens (tertiary/aromatic N) is 1. The van der Waals surface area contributed by atoms with Gasteiger partial charge in [0.05, 0.1) is 23.5 Å². The van der Waals surface area contributed by atoms with Crippen molar-refractivity contribution in [2.24, 2.45) is 5.73 Å². The standard InChI is InChI=1S/C23H20N2O4/c1-28-20(26)14-29-19-12-6-11-18-22(19)21-16(23(24)27)9-5-10-17(21)25(18)13-15-7-3-2-4-8-15/h2-12H,13-14H2,1H3,(H2,24,27). The molecular weight excluding hydrogens is 368 g/mol. The van der Waals surface area contributed by atoms with Gasteiger partial charge >= 0.3 is 5.97 Å². The lowest BCUT2D eigenvalue weighted by Crippen LogP contribution is -2.13. The van der Waals surface area contributed by atoms with E-state index in [1.807, 2.05) is 54.6 Å². The molecule has 0 radical (unpaired) electrons. The number of primary amides is 1. The minimum absolute atomic E-state index is 0.223. The molecule has 0 atom stereocenters. The smallest absolute Gasteiger partial charge is 0.343 e. The molecule has 1 heterocycles. The monoisotopic (exact) mass is 388 g/mol. The average molecular weight is 388 g/mol. The van der Waals surface area contributed by atoms with Crippen molar-refractivity contribution in [3.8, 4) is 5.75 Å². The maximum atomic E-state index is 12.1. The second-order valence-corrected chi connectivity index (χ2v) is 6.65. The van der Waals surface area contributed by atoms with E-state index < -0.39 is 11.9 Å². The highest BCUT2D eigenvalue weighted by atomic mass is 16.6. The van der Waals surface area contributed by atoms with Gasteiger partial charge in [-0.2, -0.15) is 0 Å². The van der Waals surface area contributed by atoms with E-state index in [1.54, 1.807) is 12.1 Å². The summed E-state index contributed by atoms with van der Waals surface area (Å²) in [4.78, 5) is 23.7. The predicted octanol–water partition coefficient (Wildman–Crippen LogP) is 3.49. The van der Waals surface area contributed by atoms with Gasteiger partial charge in [-0.05, 0) is 29.8 Å². The van der Waals surface area contributed by atoms with E-state index >= 15 is 0 Å². The number of benzene rings is 3. The van der Waals surface area contributed by atoms with Gasteiger partial charge in [0.25, 0.3) is 0 Å². The quantitative estimate of drug-likeness (QED) is 0.513. The molecule has 0 saturated carbocycles. The van der Waals surface area contributed by atoms with Gasteiger partial charge in [-0.1, -0.05) is 42.5 Å². The molecule has 3 aromatic carbocycles. The van der Waals surface area contributed by atoms with Crippen LogP contribution in [0.4, 0.5) is 0 Å². The Kier molecular flexibility index (Phi) is 4.91. The number of esters is 1. The Morgan fingerprint density at radius 3 is 2.28 bits per heavy atom. The number of ether oxygens (including phenoxy) is 2. The third-order valence-electron chi connectivity index (χ3n) is 4.90. The van der Waals surface area contributed by atoms with Gasteiger partial charge in [-0.15, -0.1) is 0 Å². The number of amides is 1. The number of carbonyl (C=O) groups is 2. The van der Waals surface area contributed by atoms with Gasteiger partial charge in [0.2, 0.25) is 5.91 Å². The van der Waals surface area contributed by atoms with Crippen molar-refractivity contribution < 1.29 is 19.1 Å². The SMILES string of the molecule is COC(=O)COc1cccc2c1c1c(C(N)=O)cccc1n2Cc1ccccc1. The molecule has 1 aromatic heterocycles. The van der Waals surface area contributed by atoms with Crippen molar-refractivity contribution >= 4 is 33.7 Å². The number of nitrogens with two attached hydrogens (primary N) is 1. The molecule has 29 heavy (non-hydrogen) atoms. The molecule has 0 fully saturated rings. The van der Waals surface area contributed by atoms with E-state index in [9.17, 15) is 9.59 Å². The Labute approximate surface area is 167 Å². The summed E-state index contributed by atoms with van der Waals surface area (Å²) in [6, 6.07) is 21.1. The van der Waals surface area contributed by atoms with Crippen molar-refractivity contribution in [1.29, 1.82) is 0 Å². The number of rotatable bonds is 6. The summed E-state index contributed by atoms with van der Waals surface area (Å²) in [5, 5.41) is 1.46. The fourth-order valence-electron chi connectivity index (χ4n) is 3.61. The fraction of sp³-hybridized carbons (Fsp3) is 0.130. The normalized spacial score (nSPS) is 10.9. The zero-order valence-corrected chi connectivity index (χ0v) is 15.9. The van der Waals surface area contributed by atoms with Crippen LogP contribution in [-0.2, 0) is 16.1 Å². The van der Waals surface area contributed by atoms with Gasteiger partial charge in [0.15, 0.2) is 6.61 Å². The summed E-state index contributed by atoms with van der Waals surface area (Å²) in [6.45, 7) is 0.392. The first-order valence-electron chi connectivity index (χ1n) is 9.17. The van der Waals surface area contributed by atoms with Crippen LogP contribution in [0.2, 0.25) is 0 Å². The van der Waals surface area contributed by atoms with Crippen molar-refractivity contribution in [2.45, 2.75) is 6.54 Å². The first-order chi connectivity index (χ1) is 14.1. The van der Waals surface area contributed by atoms with Crippen LogP contribution in [0, 0.1) is 0 Å². The van der Waals surface area contributed by atoms with Gasteiger partial charge in [-0.3, -0.25) is 4.79 Å². The van der Waals surface area contributed by atoms with Gasteiger partial charge in [0, 0.05) is 17.5 Å². The zero-order valence-electron chi connectivity index (χ0n) is 15.9. The number of hydrogen-bond donors (Lipinski definition) is 1. The number of methoxy groups -OCH3 is 1. The molecule has 0 bridgehead atoms. The molecule has 4 rings (SSSR count). The Morgan fingerprint density at radius 2 is 1.59 bits per heavy atom. The number of carbonyl (C=O) groups excluding carboxylic acids is 2. The molecule has 0 aliphatic heterocycles. The molecule has 6 heteroatoms. The Morgan fingerprint density at radius 1 is 0.897 bits per heavy atom.